The monoisotopic (exact) mass is 213 g/mol. The summed E-state index contributed by atoms with van der Waals surface area (Å²) in [5, 5.41) is 10.2. The molecule has 0 bridgehead atoms. The van der Waals surface area contributed by atoms with Crippen molar-refractivity contribution < 1.29 is 9.84 Å². The molecular formula is C10H15NO2S. The van der Waals surface area contributed by atoms with Crippen LogP contribution < -0.4 is 0 Å². The Morgan fingerprint density at radius 1 is 1.71 bits per heavy atom. The number of rotatable bonds is 2. The molecule has 1 saturated heterocycles. The molecule has 14 heavy (non-hydrogen) atoms. The summed E-state index contributed by atoms with van der Waals surface area (Å²) >= 11 is 1.67. The Bertz CT molecular complexity index is 300. The predicted octanol–water partition coefficient (Wildman–Crippen LogP) is 1.91. The van der Waals surface area contributed by atoms with E-state index in [-0.39, 0.29) is 18.6 Å². The number of nitrogens with zero attached hydrogens (tertiary/aromatic N) is 1. The lowest BCUT2D eigenvalue weighted by Gasteiger charge is -2.28. The van der Waals surface area contributed by atoms with Gasteiger partial charge in [-0.3, -0.25) is 0 Å². The second-order valence-corrected chi connectivity index (χ2v) is 4.95. The molecule has 1 N–H and O–H groups in total. The van der Waals surface area contributed by atoms with Crippen molar-refractivity contribution in [3.05, 3.63) is 16.1 Å². The molecular weight excluding hydrogens is 198 g/mol. The van der Waals surface area contributed by atoms with Crippen molar-refractivity contribution in [2.45, 2.75) is 25.9 Å². The fourth-order valence-corrected chi connectivity index (χ4v) is 2.72. The van der Waals surface area contributed by atoms with Crippen LogP contribution in [0.4, 0.5) is 0 Å². The van der Waals surface area contributed by atoms with E-state index in [1.54, 1.807) is 11.3 Å². The van der Waals surface area contributed by atoms with Crippen LogP contribution in [0.25, 0.3) is 0 Å². The standard InChI is InChI=1S/C10H15NO2S/c1-7-5-11-10(14-7)9-8(6-12)3-2-4-13-9/h5,8-9,12H,2-4,6H2,1H3. The predicted molar refractivity (Wildman–Crippen MR) is 55.4 cm³/mol. The molecule has 1 aliphatic rings. The second-order valence-electron chi connectivity index (χ2n) is 3.69. The van der Waals surface area contributed by atoms with E-state index in [1.165, 1.54) is 4.88 Å². The summed E-state index contributed by atoms with van der Waals surface area (Å²) in [7, 11) is 0. The molecule has 2 heterocycles. The minimum absolute atomic E-state index is 0.0208. The topological polar surface area (TPSA) is 42.4 Å². The van der Waals surface area contributed by atoms with E-state index in [4.69, 9.17) is 4.74 Å². The zero-order chi connectivity index (χ0) is 9.97. The van der Waals surface area contributed by atoms with Crippen LogP contribution in [0.15, 0.2) is 6.20 Å². The van der Waals surface area contributed by atoms with E-state index in [0.29, 0.717) is 0 Å². The Balaban J connectivity index is 2.14. The normalized spacial score (nSPS) is 27.9. The first-order chi connectivity index (χ1) is 6.81. The van der Waals surface area contributed by atoms with Gasteiger partial charge in [-0.2, -0.15) is 0 Å². The molecule has 2 rings (SSSR count). The molecule has 2 unspecified atom stereocenters. The molecule has 78 valence electrons. The van der Waals surface area contributed by atoms with Gasteiger partial charge in [0.05, 0.1) is 0 Å². The number of ether oxygens (including phenoxy) is 1. The van der Waals surface area contributed by atoms with Crippen LogP contribution in [0.2, 0.25) is 0 Å². The van der Waals surface area contributed by atoms with Gasteiger partial charge in [0.15, 0.2) is 0 Å². The first kappa shape index (κ1) is 10.1. The molecule has 3 nitrogen and oxygen atoms in total. The minimum Gasteiger partial charge on any atom is -0.396 e. The maximum atomic E-state index is 9.23. The molecule has 2 atom stereocenters. The third-order valence-electron chi connectivity index (χ3n) is 2.56. The Hall–Kier alpha value is -0.450. The average Bonchev–Trinajstić information content (AvgIpc) is 2.65. The van der Waals surface area contributed by atoms with Gasteiger partial charge in [-0.25, -0.2) is 4.98 Å². The molecule has 0 radical (unpaired) electrons. The quantitative estimate of drug-likeness (QED) is 0.816. The number of thiazole rings is 1. The van der Waals surface area contributed by atoms with E-state index in [0.717, 1.165) is 24.5 Å². The third kappa shape index (κ3) is 1.97. The van der Waals surface area contributed by atoms with Crippen LogP contribution in [-0.4, -0.2) is 23.3 Å². The SMILES string of the molecule is Cc1cnc(C2OCCCC2CO)s1. The van der Waals surface area contributed by atoms with Gasteiger partial charge >= 0.3 is 0 Å². The molecule has 4 heteroatoms. The van der Waals surface area contributed by atoms with Crippen molar-refractivity contribution in [2.24, 2.45) is 5.92 Å². The van der Waals surface area contributed by atoms with E-state index in [1.807, 2.05) is 13.1 Å². The molecule has 0 spiro atoms. The summed E-state index contributed by atoms with van der Waals surface area (Å²) in [6.45, 7) is 3.03. The van der Waals surface area contributed by atoms with E-state index in [2.05, 4.69) is 4.98 Å². The summed E-state index contributed by atoms with van der Waals surface area (Å²) < 4.78 is 5.67. The fraction of sp³-hybridized carbons (Fsp3) is 0.700. The molecule has 0 saturated carbocycles. The van der Waals surface area contributed by atoms with Crippen LogP contribution in [0.1, 0.15) is 28.8 Å². The molecule has 1 fully saturated rings. The van der Waals surface area contributed by atoms with Gasteiger partial charge in [-0.15, -0.1) is 11.3 Å². The van der Waals surface area contributed by atoms with Gasteiger partial charge < -0.3 is 9.84 Å². The lowest BCUT2D eigenvalue weighted by molar-refractivity contribution is -0.0457. The Kier molecular flexibility index (Phi) is 3.15. The minimum atomic E-state index is 0.0208. The van der Waals surface area contributed by atoms with Gasteiger partial charge in [0.1, 0.15) is 11.1 Å². The average molecular weight is 213 g/mol. The number of hydrogen-bond acceptors (Lipinski definition) is 4. The van der Waals surface area contributed by atoms with Crippen molar-refractivity contribution in [3.8, 4) is 0 Å². The second kappa shape index (κ2) is 4.38. The van der Waals surface area contributed by atoms with Crippen molar-refractivity contribution in [1.82, 2.24) is 4.98 Å². The van der Waals surface area contributed by atoms with Crippen LogP contribution in [0.5, 0.6) is 0 Å². The van der Waals surface area contributed by atoms with Crippen molar-refractivity contribution in [1.29, 1.82) is 0 Å². The van der Waals surface area contributed by atoms with E-state index >= 15 is 0 Å². The van der Waals surface area contributed by atoms with Gasteiger partial charge in [-0.05, 0) is 19.8 Å². The smallest absolute Gasteiger partial charge is 0.122 e. The van der Waals surface area contributed by atoms with Crippen molar-refractivity contribution in [3.63, 3.8) is 0 Å². The third-order valence-corrected chi connectivity index (χ3v) is 3.54. The highest BCUT2D eigenvalue weighted by molar-refractivity contribution is 7.11. The zero-order valence-corrected chi connectivity index (χ0v) is 9.09. The molecule has 0 aliphatic carbocycles. The van der Waals surface area contributed by atoms with E-state index in [9.17, 15) is 5.11 Å². The Morgan fingerprint density at radius 3 is 3.21 bits per heavy atom. The summed E-state index contributed by atoms with van der Waals surface area (Å²) in [6, 6.07) is 0. The van der Waals surface area contributed by atoms with Gasteiger partial charge in [-0.1, -0.05) is 0 Å². The van der Waals surface area contributed by atoms with Gasteiger partial charge in [0, 0.05) is 30.2 Å². The Morgan fingerprint density at radius 2 is 2.57 bits per heavy atom. The van der Waals surface area contributed by atoms with E-state index < -0.39 is 0 Å². The van der Waals surface area contributed by atoms with Crippen molar-refractivity contribution in [2.75, 3.05) is 13.2 Å². The lowest BCUT2D eigenvalue weighted by atomic mass is 9.96. The number of aromatic nitrogens is 1. The largest absolute Gasteiger partial charge is 0.396 e. The molecule has 0 amide bonds. The Labute approximate surface area is 87.7 Å². The van der Waals surface area contributed by atoms with Crippen LogP contribution in [-0.2, 0) is 4.74 Å². The summed E-state index contributed by atoms with van der Waals surface area (Å²) in [5.41, 5.74) is 0. The number of aryl methyl sites for hydroxylation is 1. The highest BCUT2D eigenvalue weighted by Gasteiger charge is 2.28. The molecule has 0 aromatic carbocycles. The lowest BCUT2D eigenvalue weighted by Crippen LogP contribution is -2.25. The summed E-state index contributed by atoms with van der Waals surface area (Å²) in [5.74, 6) is 0.231. The van der Waals surface area contributed by atoms with Crippen LogP contribution in [0.3, 0.4) is 0 Å². The molecule has 1 aromatic heterocycles. The van der Waals surface area contributed by atoms with Crippen LogP contribution >= 0.6 is 11.3 Å². The van der Waals surface area contributed by atoms with Crippen molar-refractivity contribution >= 4 is 11.3 Å². The maximum Gasteiger partial charge on any atom is 0.122 e. The highest BCUT2D eigenvalue weighted by Crippen LogP contribution is 2.34. The maximum absolute atomic E-state index is 9.23. The fourth-order valence-electron chi connectivity index (χ4n) is 1.81. The van der Waals surface area contributed by atoms with Gasteiger partial charge in [0.25, 0.3) is 0 Å². The van der Waals surface area contributed by atoms with Crippen LogP contribution in [0, 0.1) is 12.8 Å². The number of aliphatic hydroxyl groups is 1. The summed E-state index contributed by atoms with van der Waals surface area (Å²) in [4.78, 5) is 5.52. The molecule has 1 aromatic rings. The number of aliphatic hydroxyl groups excluding tert-OH is 1. The summed E-state index contributed by atoms with van der Waals surface area (Å²) in [6.07, 6.45) is 3.98. The first-order valence-corrected chi connectivity index (χ1v) is 5.77. The number of hydrogen-bond donors (Lipinski definition) is 1. The van der Waals surface area contributed by atoms with Gasteiger partial charge in [0.2, 0.25) is 0 Å². The first-order valence-electron chi connectivity index (χ1n) is 4.96. The highest BCUT2D eigenvalue weighted by atomic mass is 32.1. The zero-order valence-electron chi connectivity index (χ0n) is 8.27. The molecule has 1 aliphatic heterocycles.